The maximum absolute atomic E-state index is 12.4. The number of nitrogens with one attached hydrogen (secondary N) is 1. The van der Waals surface area contributed by atoms with E-state index in [-0.39, 0.29) is 18.1 Å². The highest BCUT2D eigenvalue weighted by Gasteiger charge is 2.21. The van der Waals surface area contributed by atoms with E-state index in [9.17, 15) is 9.59 Å². The van der Waals surface area contributed by atoms with Crippen molar-refractivity contribution in [1.82, 2.24) is 5.32 Å². The number of hydrogen-bond acceptors (Lipinski definition) is 3. The molecule has 0 saturated heterocycles. The molecule has 0 aliphatic carbocycles. The third-order valence-corrected chi connectivity index (χ3v) is 3.25. The van der Waals surface area contributed by atoms with E-state index >= 15 is 0 Å². The van der Waals surface area contributed by atoms with Crippen molar-refractivity contribution < 1.29 is 9.59 Å². The molecule has 1 aliphatic rings. The Morgan fingerprint density at radius 3 is 2.47 bits per heavy atom. The molecule has 0 spiro atoms. The molecule has 0 atom stereocenters. The Balaban J connectivity index is 2.26. The lowest BCUT2D eigenvalue weighted by molar-refractivity contribution is -0.115. The summed E-state index contributed by atoms with van der Waals surface area (Å²) in [5.74, 6) is -0.257. The van der Waals surface area contributed by atoms with Crippen LogP contribution in [-0.2, 0) is 4.79 Å². The minimum absolute atomic E-state index is 0.0363. The molecule has 0 radical (unpaired) electrons. The predicted molar refractivity (Wildman–Crippen MR) is 74.9 cm³/mol. The van der Waals surface area contributed by atoms with Crippen LogP contribution >= 0.6 is 0 Å². The fraction of sp³-hybridized carbons (Fsp3) is 0.400. The van der Waals surface area contributed by atoms with Crippen molar-refractivity contribution in [1.29, 1.82) is 0 Å². The van der Waals surface area contributed by atoms with Crippen LogP contribution in [0.5, 0.6) is 0 Å². The van der Waals surface area contributed by atoms with E-state index in [0.717, 1.165) is 16.7 Å². The average Bonchev–Trinajstić information content (AvgIpc) is 2.30. The van der Waals surface area contributed by atoms with Crippen LogP contribution in [0.25, 0.3) is 0 Å². The number of aryl methyl sites for hydroxylation is 3. The minimum atomic E-state index is -0.220. The Bertz CT molecular complexity index is 551. The molecular weight excluding hydrogens is 240 g/mol. The Hall–Kier alpha value is -1.97. The van der Waals surface area contributed by atoms with Gasteiger partial charge in [-0.15, -0.1) is 0 Å². The van der Waals surface area contributed by atoms with Crippen LogP contribution in [0.3, 0.4) is 0 Å². The molecule has 1 N–H and O–H groups in total. The summed E-state index contributed by atoms with van der Waals surface area (Å²) in [6.45, 7) is 6.97. The second-order valence-electron chi connectivity index (χ2n) is 4.96. The predicted octanol–water partition coefficient (Wildman–Crippen LogP) is 1.76. The normalized spacial score (nSPS) is 14.9. The fourth-order valence-electron chi connectivity index (χ4n) is 2.53. The van der Waals surface area contributed by atoms with Gasteiger partial charge in [0, 0.05) is 12.1 Å². The highest BCUT2D eigenvalue weighted by atomic mass is 16.2. The number of carbonyl (C=O) groups excluding carboxylic acids is 2. The topological polar surface area (TPSA) is 58.5 Å². The molecule has 0 fully saturated rings. The Morgan fingerprint density at radius 1 is 1.26 bits per heavy atom. The lowest BCUT2D eigenvalue weighted by atomic mass is 9.94. The molecule has 0 bridgehead atoms. The van der Waals surface area contributed by atoms with Crippen LogP contribution in [-0.4, -0.2) is 30.5 Å². The molecule has 1 heterocycles. The monoisotopic (exact) mass is 258 g/mol. The van der Waals surface area contributed by atoms with E-state index in [1.165, 1.54) is 0 Å². The minimum Gasteiger partial charge on any atom is -0.349 e. The standard InChI is InChI=1S/C15H18N2O2/c1-9-6-10(2)14(11(3)7-9)13(18)8-12-15(19)17-5-4-16-12/h6-7H,4-5,8H2,1-3H3,(H,17,19). The quantitative estimate of drug-likeness (QED) is 0.840. The van der Waals surface area contributed by atoms with Crippen molar-refractivity contribution in [3.05, 3.63) is 34.4 Å². The molecular formula is C15H18N2O2. The van der Waals surface area contributed by atoms with Crippen LogP contribution in [0.4, 0.5) is 0 Å². The zero-order valence-electron chi connectivity index (χ0n) is 11.5. The second-order valence-corrected chi connectivity index (χ2v) is 4.96. The molecule has 19 heavy (non-hydrogen) atoms. The van der Waals surface area contributed by atoms with Gasteiger partial charge in [-0.25, -0.2) is 0 Å². The lowest BCUT2D eigenvalue weighted by Gasteiger charge is -2.14. The van der Waals surface area contributed by atoms with Gasteiger partial charge >= 0.3 is 0 Å². The van der Waals surface area contributed by atoms with Gasteiger partial charge in [0.1, 0.15) is 5.71 Å². The average molecular weight is 258 g/mol. The van der Waals surface area contributed by atoms with Gasteiger partial charge in [-0.3, -0.25) is 14.6 Å². The van der Waals surface area contributed by atoms with E-state index in [0.29, 0.717) is 24.4 Å². The Morgan fingerprint density at radius 2 is 1.89 bits per heavy atom. The van der Waals surface area contributed by atoms with E-state index < -0.39 is 0 Å². The lowest BCUT2D eigenvalue weighted by Crippen LogP contribution is -2.38. The molecule has 1 aromatic rings. The number of hydrogen-bond donors (Lipinski definition) is 1. The third-order valence-electron chi connectivity index (χ3n) is 3.25. The van der Waals surface area contributed by atoms with Gasteiger partial charge in [0.25, 0.3) is 5.91 Å². The fourth-order valence-corrected chi connectivity index (χ4v) is 2.53. The summed E-state index contributed by atoms with van der Waals surface area (Å²) in [7, 11) is 0. The molecule has 0 saturated carbocycles. The third kappa shape index (κ3) is 2.89. The highest BCUT2D eigenvalue weighted by Crippen LogP contribution is 2.18. The van der Waals surface area contributed by atoms with E-state index in [1.54, 1.807) is 0 Å². The van der Waals surface area contributed by atoms with Crippen molar-refractivity contribution in [2.75, 3.05) is 13.1 Å². The van der Waals surface area contributed by atoms with Crippen LogP contribution in [0.1, 0.15) is 33.5 Å². The maximum atomic E-state index is 12.4. The zero-order valence-corrected chi connectivity index (χ0v) is 11.5. The Kier molecular flexibility index (Phi) is 3.79. The summed E-state index contributed by atoms with van der Waals surface area (Å²) >= 11 is 0. The molecule has 0 unspecified atom stereocenters. The van der Waals surface area contributed by atoms with Crippen molar-refractivity contribution in [3.8, 4) is 0 Å². The molecule has 0 aromatic heterocycles. The number of amides is 1. The number of aliphatic imine (C=N–C) groups is 1. The first-order chi connectivity index (χ1) is 8.99. The van der Waals surface area contributed by atoms with Gasteiger partial charge in [-0.1, -0.05) is 17.7 Å². The van der Waals surface area contributed by atoms with Crippen molar-refractivity contribution in [2.45, 2.75) is 27.2 Å². The number of rotatable bonds is 3. The summed E-state index contributed by atoms with van der Waals surface area (Å²) < 4.78 is 0. The molecule has 4 heteroatoms. The van der Waals surface area contributed by atoms with Crippen molar-refractivity contribution in [3.63, 3.8) is 0 Å². The summed E-state index contributed by atoms with van der Waals surface area (Å²) in [6.07, 6.45) is 0.0799. The van der Waals surface area contributed by atoms with Crippen LogP contribution in [0.15, 0.2) is 17.1 Å². The second kappa shape index (κ2) is 5.34. The van der Waals surface area contributed by atoms with Crippen LogP contribution in [0.2, 0.25) is 0 Å². The van der Waals surface area contributed by atoms with Crippen LogP contribution < -0.4 is 5.32 Å². The van der Waals surface area contributed by atoms with E-state index in [1.807, 2.05) is 32.9 Å². The first-order valence-electron chi connectivity index (χ1n) is 6.41. The molecule has 1 amide bonds. The number of benzene rings is 1. The number of Topliss-reactive ketones (excluding diaryl/α,β-unsaturated/α-hetero) is 1. The summed E-state index contributed by atoms with van der Waals surface area (Å²) in [4.78, 5) is 28.1. The van der Waals surface area contributed by atoms with E-state index in [4.69, 9.17) is 0 Å². The number of nitrogens with zero attached hydrogens (tertiary/aromatic N) is 1. The van der Waals surface area contributed by atoms with E-state index in [2.05, 4.69) is 10.3 Å². The van der Waals surface area contributed by atoms with Gasteiger partial charge in [0.2, 0.25) is 0 Å². The SMILES string of the molecule is Cc1cc(C)c(C(=O)CC2=NCCNC2=O)c(C)c1. The summed E-state index contributed by atoms with van der Waals surface area (Å²) in [6, 6.07) is 3.98. The molecule has 1 aromatic carbocycles. The van der Waals surface area contributed by atoms with Crippen molar-refractivity contribution in [2.24, 2.45) is 4.99 Å². The largest absolute Gasteiger partial charge is 0.349 e. The molecule has 100 valence electrons. The van der Waals surface area contributed by atoms with Gasteiger partial charge in [0.05, 0.1) is 13.0 Å². The first kappa shape index (κ1) is 13.5. The smallest absolute Gasteiger partial charge is 0.265 e. The van der Waals surface area contributed by atoms with Gasteiger partial charge in [-0.2, -0.15) is 0 Å². The van der Waals surface area contributed by atoms with Gasteiger partial charge < -0.3 is 5.32 Å². The Labute approximate surface area is 112 Å². The molecule has 4 nitrogen and oxygen atoms in total. The highest BCUT2D eigenvalue weighted by molar-refractivity contribution is 6.43. The first-order valence-corrected chi connectivity index (χ1v) is 6.41. The molecule has 2 rings (SSSR count). The van der Waals surface area contributed by atoms with Gasteiger partial charge in [-0.05, 0) is 31.9 Å². The summed E-state index contributed by atoms with van der Waals surface area (Å²) in [5, 5.41) is 2.71. The maximum Gasteiger partial charge on any atom is 0.265 e. The van der Waals surface area contributed by atoms with Crippen molar-refractivity contribution >= 4 is 17.4 Å². The number of ketones is 1. The summed E-state index contributed by atoms with van der Waals surface area (Å²) in [5.41, 5.74) is 4.11. The van der Waals surface area contributed by atoms with Crippen LogP contribution in [0, 0.1) is 20.8 Å². The molecule has 1 aliphatic heterocycles. The zero-order chi connectivity index (χ0) is 14.0. The number of carbonyl (C=O) groups is 2. The van der Waals surface area contributed by atoms with Gasteiger partial charge in [0.15, 0.2) is 5.78 Å².